The Morgan fingerprint density at radius 3 is 2.11 bits per heavy atom. The molecule has 0 amide bonds. The Balaban J connectivity index is 2.88. The molecule has 0 aromatic heterocycles. The molecule has 0 aliphatic heterocycles. The van der Waals surface area contributed by atoms with E-state index in [0.717, 1.165) is 4.31 Å². The van der Waals surface area contributed by atoms with Gasteiger partial charge in [0.2, 0.25) is 0 Å². The quantitative estimate of drug-likeness (QED) is 0.580. The molecule has 0 aliphatic rings. The van der Waals surface area contributed by atoms with Crippen molar-refractivity contribution in [2.45, 2.75) is 13.8 Å². The van der Waals surface area contributed by atoms with Gasteiger partial charge in [0.05, 0.1) is 4.92 Å². The van der Waals surface area contributed by atoms with E-state index in [2.05, 4.69) is 0 Å². The fourth-order valence-corrected chi connectivity index (χ4v) is 2.43. The third kappa shape index (κ3) is 3.41. The van der Waals surface area contributed by atoms with Crippen molar-refractivity contribution in [3.05, 3.63) is 34.4 Å². The first-order valence-corrected chi connectivity index (χ1v) is 6.71. The van der Waals surface area contributed by atoms with Crippen LogP contribution >= 0.6 is 0 Å². The van der Waals surface area contributed by atoms with Gasteiger partial charge in [-0.3, -0.25) is 10.1 Å². The third-order valence-electron chi connectivity index (χ3n) is 2.27. The van der Waals surface area contributed by atoms with Crippen molar-refractivity contribution < 1.29 is 17.5 Å². The average molecular weight is 274 g/mol. The lowest BCUT2D eigenvalue weighted by molar-refractivity contribution is -0.384. The number of nitro benzene ring substituents is 1. The highest BCUT2D eigenvalue weighted by molar-refractivity contribution is 7.84. The number of hydrogen-bond donors (Lipinski definition) is 0. The minimum absolute atomic E-state index is 0.0486. The molecule has 0 atom stereocenters. The van der Waals surface area contributed by atoms with Gasteiger partial charge in [0, 0.05) is 25.2 Å². The summed E-state index contributed by atoms with van der Waals surface area (Å²) in [6, 6.07) is 4.87. The SMILES string of the molecule is CCN(CC)S(=O)(=O)Oc1ccc([N+](=O)[O-])cc1. The molecule has 0 saturated heterocycles. The van der Waals surface area contributed by atoms with Gasteiger partial charge in [-0.25, -0.2) is 0 Å². The summed E-state index contributed by atoms with van der Waals surface area (Å²) in [5.74, 6) is 0.0486. The van der Waals surface area contributed by atoms with Crippen LogP contribution in [0.2, 0.25) is 0 Å². The van der Waals surface area contributed by atoms with Crippen molar-refractivity contribution in [1.82, 2.24) is 4.31 Å². The van der Waals surface area contributed by atoms with Crippen LogP contribution in [0, 0.1) is 10.1 Å². The molecular formula is C10H14N2O5S. The predicted molar refractivity (Wildman–Crippen MR) is 65.6 cm³/mol. The summed E-state index contributed by atoms with van der Waals surface area (Å²) in [6.07, 6.45) is 0. The molecule has 0 aliphatic carbocycles. The monoisotopic (exact) mass is 274 g/mol. The number of nitrogens with zero attached hydrogens (tertiary/aromatic N) is 2. The Morgan fingerprint density at radius 1 is 1.22 bits per heavy atom. The van der Waals surface area contributed by atoms with E-state index in [0.29, 0.717) is 13.1 Å². The first kappa shape index (κ1) is 14.4. The molecule has 1 aromatic rings. The number of hydrogen-bond acceptors (Lipinski definition) is 5. The second-order valence-electron chi connectivity index (χ2n) is 3.38. The van der Waals surface area contributed by atoms with Crippen LogP contribution < -0.4 is 4.18 Å². The van der Waals surface area contributed by atoms with E-state index >= 15 is 0 Å². The normalized spacial score (nSPS) is 11.5. The Kier molecular flexibility index (Phi) is 4.62. The molecule has 0 unspecified atom stereocenters. The standard InChI is InChI=1S/C10H14N2O5S/c1-3-11(4-2)18(15,16)17-10-7-5-9(6-8-10)12(13)14/h5-8H,3-4H2,1-2H3. The van der Waals surface area contributed by atoms with Crippen molar-refractivity contribution in [1.29, 1.82) is 0 Å². The lowest BCUT2D eigenvalue weighted by Gasteiger charge is -2.17. The van der Waals surface area contributed by atoms with Crippen molar-refractivity contribution in [2.75, 3.05) is 13.1 Å². The zero-order valence-electron chi connectivity index (χ0n) is 10.1. The van der Waals surface area contributed by atoms with Gasteiger partial charge in [-0.05, 0) is 12.1 Å². The Morgan fingerprint density at radius 2 is 1.72 bits per heavy atom. The van der Waals surface area contributed by atoms with Gasteiger partial charge in [0.25, 0.3) is 5.69 Å². The van der Waals surface area contributed by atoms with Gasteiger partial charge in [0.1, 0.15) is 5.75 Å². The fraction of sp³-hybridized carbons (Fsp3) is 0.400. The highest BCUT2D eigenvalue weighted by atomic mass is 32.2. The van der Waals surface area contributed by atoms with E-state index in [1.165, 1.54) is 24.3 Å². The highest BCUT2D eigenvalue weighted by Gasteiger charge is 2.21. The maximum atomic E-state index is 11.8. The minimum Gasteiger partial charge on any atom is -0.371 e. The molecular weight excluding hydrogens is 260 g/mol. The minimum atomic E-state index is -3.85. The largest absolute Gasteiger partial charge is 0.385 e. The van der Waals surface area contributed by atoms with Gasteiger partial charge in [-0.15, -0.1) is 0 Å². The summed E-state index contributed by atoms with van der Waals surface area (Å²) < 4.78 is 29.5. The van der Waals surface area contributed by atoms with Gasteiger partial charge in [-0.1, -0.05) is 13.8 Å². The van der Waals surface area contributed by atoms with Gasteiger partial charge in [0.15, 0.2) is 0 Å². The number of nitro groups is 1. The maximum Gasteiger partial charge on any atom is 0.385 e. The average Bonchev–Trinajstić information content (AvgIpc) is 2.30. The lowest BCUT2D eigenvalue weighted by atomic mass is 10.3. The second-order valence-corrected chi connectivity index (χ2v) is 4.91. The predicted octanol–water partition coefficient (Wildman–Crippen LogP) is 1.56. The van der Waals surface area contributed by atoms with E-state index in [4.69, 9.17) is 4.18 Å². The van der Waals surface area contributed by atoms with Crippen LogP contribution in [0.15, 0.2) is 24.3 Å². The Labute approximate surface area is 105 Å². The van der Waals surface area contributed by atoms with E-state index in [1.54, 1.807) is 13.8 Å². The number of non-ortho nitro benzene ring substituents is 1. The highest BCUT2D eigenvalue weighted by Crippen LogP contribution is 2.19. The summed E-state index contributed by atoms with van der Waals surface area (Å²) in [6.45, 7) is 3.98. The van der Waals surface area contributed by atoms with Gasteiger partial charge < -0.3 is 4.18 Å². The summed E-state index contributed by atoms with van der Waals surface area (Å²) in [5, 5.41) is 10.4. The molecule has 0 bridgehead atoms. The fourth-order valence-electron chi connectivity index (χ4n) is 1.34. The Hall–Kier alpha value is -1.67. The zero-order valence-corrected chi connectivity index (χ0v) is 10.9. The van der Waals surface area contributed by atoms with Crippen molar-refractivity contribution >= 4 is 16.0 Å². The van der Waals surface area contributed by atoms with E-state index in [1.807, 2.05) is 0 Å². The van der Waals surface area contributed by atoms with Crippen LogP contribution in [0.5, 0.6) is 5.75 Å². The van der Waals surface area contributed by atoms with Crippen molar-refractivity contribution in [3.63, 3.8) is 0 Å². The Bertz CT molecular complexity index is 508. The lowest BCUT2D eigenvalue weighted by Crippen LogP contribution is -2.34. The van der Waals surface area contributed by atoms with Crippen LogP contribution in [0.1, 0.15) is 13.8 Å². The topological polar surface area (TPSA) is 89.8 Å². The summed E-state index contributed by atoms with van der Waals surface area (Å²) in [5.41, 5.74) is -0.123. The molecule has 7 nitrogen and oxygen atoms in total. The van der Waals surface area contributed by atoms with E-state index < -0.39 is 15.2 Å². The van der Waals surface area contributed by atoms with Crippen LogP contribution in [0.4, 0.5) is 5.69 Å². The first-order valence-electron chi connectivity index (χ1n) is 5.34. The molecule has 1 rings (SSSR count). The van der Waals surface area contributed by atoms with Crippen LogP contribution in [-0.2, 0) is 10.3 Å². The number of rotatable bonds is 6. The molecule has 100 valence electrons. The molecule has 0 fully saturated rings. The van der Waals surface area contributed by atoms with Gasteiger partial charge >= 0.3 is 10.3 Å². The van der Waals surface area contributed by atoms with Gasteiger partial charge in [-0.2, -0.15) is 12.7 Å². The van der Waals surface area contributed by atoms with Crippen molar-refractivity contribution in [2.24, 2.45) is 0 Å². The molecule has 0 saturated carbocycles. The molecule has 18 heavy (non-hydrogen) atoms. The first-order chi connectivity index (χ1) is 8.40. The molecule has 0 N–H and O–H groups in total. The van der Waals surface area contributed by atoms with E-state index in [-0.39, 0.29) is 11.4 Å². The molecule has 1 aromatic carbocycles. The summed E-state index contributed by atoms with van der Waals surface area (Å²) in [7, 11) is -3.85. The zero-order chi connectivity index (χ0) is 13.8. The molecule has 0 heterocycles. The smallest absolute Gasteiger partial charge is 0.371 e. The van der Waals surface area contributed by atoms with Crippen LogP contribution in [0.3, 0.4) is 0 Å². The maximum absolute atomic E-state index is 11.8. The second kappa shape index (κ2) is 5.78. The van der Waals surface area contributed by atoms with Crippen molar-refractivity contribution in [3.8, 4) is 5.75 Å². The summed E-state index contributed by atoms with van der Waals surface area (Å²) >= 11 is 0. The number of benzene rings is 1. The summed E-state index contributed by atoms with van der Waals surface area (Å²) in [4.78, 5) is 9.87. The molecule has 0 radical (unpaired) electrons. The molecule has 8 heteroatoms. The van der Waals surface area contributed by atoms with Crippen LogP contribution in [-0.4, -0.2) is 30.7 Å². The van der Waals surface area contributed by atoms with Crippen LogP contribution in [0.25, 0.3) is 0 Å². The third-order valence-corrected chi connectivity index (χ3v) is 3.82. The van der Waals surface area contributed by atoms with E-state index in [9.17, 15) is 18.5 Å². The molecule has 0 spiro atoms.